The summed E-state index contributed by atoms with van der Waals surface area (Å²) < 4.78 is 26.8. The lowest BCUT2D eigenvalue weighted by atomic mass is 10.1. The maximum absolute atomic E-state index is 12.7. The first kappa shape index (κ1) is 13.5. The Labute approximate surface area is 123 Å². The van der Waals surface area contributed by atoms with E-state index in [2.05, 4.69) is 0 Å². The van der Waals surface area contributed by atoms with Gasteiger partial charge in [0.15, 0.2) is 0 Å². The molecule has 5 nitrogen and oxygen atoms in total. The molecule has 0 amide bonds. The van der Waals surface area contributed by atoms with Gasteiger partial charge in [0, 0.05) is 12.2 Å². The number of nitriles is 1. The lowest BCUT2D eigenvalue weighted by molar-refractivity contribution is 0.592. The van der Waals surface area contributed by atoms with Crippen LogP contribution in [-0.2, 0) is 16.4 Å². The molecule has 0 fully saturated rings. The number of anilines is 2. The number of rotatable bonds is 2. The Balaban J connectivity index is 2.07. The molecule has 0 unspecified atom stereocenters. The van der Waals surface area contributed by atoms with Crippen LogP contribution in [0, 0.1) is 11.3 Å². The van der Waals surface area contributed by atoms with E-state index in [1.54, 1.807) is 30.3 Å². The van der Waals surface area contributed by atoms with Crippen molar-refractivity contribution < 1.29 is 8.42 Å². The lowest BCUT2D eigenvalue weighted by Gasteiger charge is -2.19. The molecule has 106 valence electrons. The molecule has 0 aromatic heterocycles. The first-order valence-corrected chi connectivity index (χ1v) is 7.88. The Kier molecular flexibility index (Phi) is 3.07. The van der Waals surface area contributed by atoms with Gasteiger partial charge in [0.1, 0.15) is 0 Å². The number of hydrogen-bond acceptors (Lipinski definition) is 4. The summed E-state index contributed by atoms with van der Waals surface area (Å²) in [5, 5.41) is 8.91. The predicted octanol–water partition coefficient (Wildman–Crippen LogP) is 1.89. The summed E-state index contributed by atoms with van der Waals surface area (Å²) in [7, 11) is -3.66. The van der Waals surface area contributed by atoms with Crippen LogP contribution in [0.15, 0.2) is 47.4 Å². The van der Waals surface area contributed by atoms with Crippen LogP contribution in [0.2, 0.25) is 0 Å². The van der Waals surface area contributed by atoms with Crippen LogP contribution in [0.5, 0.6) is 0 Å². The molecule has 0 atom stereocenters. The third-order valence-corrected chi connectivity index (χ3v) is 5.32. The molecule has 3 rings (SSSR count). The number of nitrogens with two attached hydrogens (primary N) is 1. The zero-order valence-electron chi connectivity index (χ0n) is 11.2. The van der Waals surface area contributed by atoms with E-state index in [-0.39, 0.29) is 4.90 Å². The Morgan fingerprint density at radius 1 is 1.19 bits per heavy atom. The maximum Gasteiger partial charge on any atom is 0.264 e. The van der Waals surface area contributed by atoms with Crippen LogP contribution in [0.4, 0.5) is 11.4 Å². The quantitative estimate of drug-likeness (QED) is 0.858. The normalized spacial score (nSPS) is 13.8. The van der Waals surface area contributed by atoms with Crippen molar-refractivity contribution in [1.82, 2.24) is 0 Å². The number of sulfonamides is 1. The number of benzene rings is 2. The number of nitrogen functional groups attached to an aromatic ring is 1. The van der Waals surface area contributed by atoms with Crippen LogP contribution in [0.3, 0.4) is 0 Å². The van der Waals surface area contributed by atoms with Crippen LogP contribution >= 0.6 is 0 Å². The van der Waals surface area contributed by atoms with E-state index in [0.717, 1.165) is 5.56 Å². The highest BCUT2D eigenvalue weighted by atomic mass is 32.2. The van der Waals surface area contributed by atoms with Gasteiger partial charge in [-0.2, -0.15) is 5.26 Å². The summed E-state index contributed by atoms with van der Waals surface area (Å²) in [5.74, 6) is 0. The Morgan fingerprint density at radius 3 is 2.76 bits per heavy atom. The van der Waals surface area contributed by atoms with Crippen molar-refractivity contribution in [2.75, 3.05) is 16.6 Å². The number of nitrogens with zero attached hydrogens (tertiary/aromatic N) is 2. The topological polar surface area (TPSA) is 87.2 Å². The van der Waals surface area contributed by atoms with E-state index in [9.17, 15) is 8.42 Å². The SMILES string of the molecule is N#Cc1cccc(S(=O)(=O)N2CCc3cc(N)ccc32)c1. The van der Waals surface area contributed by atoms with Crippen molar-refractivity contribution in [2.24, 2.45) is 0 Å². The van der Waals surface area contributed by atoms with E-state index in [0.29, 0.717) is 29.9 Å². The molecule has 0 aliphatic carbocycles. The van der Waals surface area contributed by atoms with Gasteiger partial charge in [-0.3, -0.25) is 4.31 Å². The average Bonchev–Trinajstić information content (AvgIpc) is 2.91. The summed E-state index contributed by atoms with van der Waals surface area (Å²) in [4.78, 5) is 0.131. The van der Waals surface area contributed by atoms with Gasteiger partial charge in [0.2, 0.25) is 0 Å². The summed E-state index contributed by atoms with van der Waals surface area (Å²) in [5.41, 5.74) is 8.27. The fraction of sp³-hybridized carbons (Fsp3) is 0.133. The fourth-order valence-electron chi connectivity index (χ4n) is 2.49. The second-order valence-corrected chi connectivity index (χ2v) is 6.72. The van der Waals surface area contributed by atoms with Gasteiger partial charge in [0.25, 0.3) is 10.0 Å². The van der Waals surface area contributed by atoms with Crippen molar-refractivity contribution in [3.8, 4) is 6.07 Å². The second-order valence-electron chi connectivity index (χ2n) is 4.85. The van der Waals surface area contributed by atoms with E-state index >= 15 is 0 Å². The molecule has 0 bridgehead atoms. The van der Waals surface area contributed by atoms with Crippen molar-refractivity contribution in [1.29, 1.82) is 5.26 Å². The van der Waals surface area contributed by atoms with Crippen LogP contribution in [-0.4, -0.2) is 15.0 Å². The Hall–Kier alpha value is -2.52. The molecule has 1 aliphatic heterocycles. The molecule has 2 aromatic rings. The number of hydrogen-bond donors (Lipinski definition) is 1. The minimum Gasteiger partial charge on any atom is -0.399 e. The molecule has 1 aliphatic rings. The molecule has 0 saturated heterocycles. The Bertz CT molecular complexity index is 853. The van der Waals surface area contributed by atoms with Gasteiger partial charge in [-0.15, -0.1) is 0 Å². The Morgan fingerprint density at radius 2 is 2.00 bits per heavy atom. The van der Waals surface area contributed by atoms with Crippen LogP contribution in [0.1, 0.15) is 11.1 Å². The largest absolute Gasteiger partial charge is 0.399 e. The van der Waals surface area contributed by atoms with Gasteiger partial charge in [0.05, 0.1) is 22.2 Å². The van der Waals surface area contributed by atoms with E-state index in [1.165, 1.54) is 16.4 Å². The molecule has 21 heavy (non-hydrogen) atoms. The lowest BCUT2D eigenvalue weighted by Crippen LogP contribution is -2.29. The molecule has 2 N–H and O–H groups in total. The molecule has 1 heterocycles. The van der Waals surface area contributed by atoms with Crippen molar-refractivity contribution in [3.05, 3.63) is 53.6 Å². The molecule has 0 radical (unpaired) electrons. The highest BCUT2D eigenvalue weighted by molar-refractivity contribution is 7.92. The standard InChI is InChI=1S/C15H13N3O2S/c16-10-11-2-1-3-14(8-11)21(19,20)18-7-6-12-9-13(17)4-5-15(12)18/h1-5,8-9H,6-7,17H2. The molecule has 6 heteroatoms. The third-order valence-electron chi connectivity index (χ3n) is 3.51. The van der Waals surface area contributed by atoms with Gasteiger partial charge in [-0.05, 0) is 48.4 Å². The molecular weight excluding hydrogens is 286 g/mol. The highest BCUT2D eigenvalue weighted by Crippen LogP contribution is 2.34. The van der Waals surface area contributed by atoms with E-state index in [1.807, 2.05) is 6.07 Å². The van der Waals surface area contributed by atoms with Crippen LogP contribution in [0.25, 0.3) is 0 Å². The number of fused-ring (bicyclic) bond motifs is 1. The summed E-state index contributed by atoms with van der Waals surface area (Å²) in [6.07, 6.45) is 0.636. The monoisotopic (exact) mass is 299 g/mol. The van der Waals surface area contributed by atoms with Crippen molar-refractivity contribution in [2.45, 2.75) is 11.3 Å². The third kappa shape index (κ3) is 2.22. The molecule has 2 aromatic carbocycles. The van der Waals surface area contributed by atoms with Gasteiger partial charge >= 0.3 is 0 Å². The first-order valence-electron chi connectivity index (χ1n) is 6.44. The molecule has 0 spiro atoms. The molecule has 0 saturated carbocycles. The summed E-state index contributed by atoms with van der Waals surface area (Å²) in [6.45, 7) is 0.387. The van der Waals surface area contributed by atoms with Gasteiger partial charge in [-0.25, -0.2) is 8.42 Å². The average molecular weight is 299 g/mol. The highest BCUT2D eigenvalue weighted by Gasteiger charge is 2.30. The first-order chi connectivity index (χ1) is 10.0. The zero-order chi connectivity index (χ0) is 15.0. The van der Waals surface area contributed by atoms with E-state index in [4.69, 9.17) is 11.0 Å². The summed E-state index contributed by atoms with van der Waals surface area (Å²) >= 11 is 0. The minimum absolute atomic E-state index is 0.131. The smallest absolute Gasteiger partial charge is 0.264 e. The predicted molar refractivity (Wildman–Crippen MR) is 80.2 cm³/mol. The van der Waals surface area contributed by atoms with E-state index < -0.39 is 10.0 Å². The van der Waals surface area contributed by atoms with Gasteiger partial charge < -0.3 is 5.73 Å². The maximum atomic E-state index is 12.7. The fourth-order valence-corrected chi connectivity index (χ4v) is 4.04. The minimum atomic E-state index is -3.66. The van der Waals surface area contributed by atoms with Crippen molar-refractivity contribution >= 4 is 21.4 Å². The molecular formula is C15H13N3O2S. The summed E-state index contributed by atoms with van der Waals surface area (Å²) in [6, 6.07) is 13.2. The van der Waals surface area contributed by atoms with Crippen molar-refractivity contribution in [3.63, 3.8) is 0 Å². The second kappa shape index (κ2) is 4.79. The van der Waals surface area contributed by atoms with Crippen LogP contribution < -0.4 is 10.0 Å². The zero-order valence-corrected chi connectivity index (χ0v) is 12.0. The van der Waals surface area contributed by atoms with Gasteiger partial charge in [-0.1, -0.05) is 6.07 Å².